The number of hydrogen-bond donors (Lipinski definition) is 3. The van der Waals surface area contributed by atoms with Gasteiger partial charge in [-0.2, -0.15) is 0 Å². The minimum absolute atomic E-state index is 0.0965. The average molecular weight is 489 g/mol. The Kier molecular flexibility index (Phi) is 7.50. The number of halogens is 2. The first kappa shape index (κ1) is 24.3. The molecule has 0 fully saturated rings. The van der Waals surface area contributed by atoms with Crippen molar-refractivity contribution in [1.82, 2.24) is 15.6 Å². The quantitative estimate of drug-likeness (QED) is 0.333. The van der Waals surface area contributed by atoms with Gasteiger partial charge in [0.25, 0.3) is 11.8 Å². The summed E-state index contributed by atoms with van der Waals surface area (Å²) in [6.07, 6.45) is 0.923. The van der Waals surface area contributed by atoms with E-state index in [1.165, 1.54) is 36.4 Å². The van der Waals surface area contributed by atoms with E-state index in [2.05, 4.69) is 15.6 Å². The van der Waals surface area contributed by atoms with E-state index in [1.807, 2.05) is 0 Å². The van der Waals surface area contributed by atoms with Crippen molar-refractivity contribution in [3.63, 3.8) is 0 Å². The summed E-state index contributed by atoms with van der Waals surface area (Å²) >= 11 is 0. The maximum atomic E-state index is 13.8. The molecule has 1 heterocycles. The van der Waals surface area contributed by atoms with Crippen molar-refractivity contribution in [3.8, 4) is 17.4 Å². The standard InChI is InChI=1S/C27H21F2N3O4/c28-19-9-11-21(12-10-19)36-27-23(13-20(29)16-32-27)26(35)31-15-18-7-5-17(6-8-18)14-30-25(34)22-3-1-2-4-24(22)33/h1-13,16,33H,14-15H2,(H,30,34)(H,31,35). The first-order chi connectivity index (χ1) is 17.4. The van der Waals surface area contributed by atoms with E-state index in [1.54, 1.807) is 36.4 Å². The number of phenolic OH excluding ortho intramolecular Hbond substituents is 1. The highest BCUT2D eigenvalue weighted by Gasteiger charge is 2.16. The summed E-state index contributed by atoms with van der Waals surface area (Å²) in [4.78, 5) is 28.8. The smallest absolute Gasteiger partial charge is 0.257 e. The van der Waals surface area contributed by atoms with Crippen LogP contribution in [-0.2, 0) is 13.1 Å². The number of nitrogens with zero attached hydrogens (tertiary/aromatic N) is 1. The fourth-order valence-corrected chi connectivity index (χ4v) is 3.28. The molecule has 0 aliphatic heterocycles. The number of aromatic nitrogens is 1. The summed E-state index contributed by atoms with van der Waals surface area (Å²) < 4.78 is 32.4. The van der Waals surface area contributed by atoms with Crippen molar-refractivity contribution < 1.29 is 28.2 Å². The molecular formula is C27H21F2N3O4. The van der Waals surface area contributed by atoms with Gasteiger partial charge in [0, 0.05) is 13.1 Å². The van der Waals surface area contributed by atoms with E-state index in [-0.39, 0.29) is 41.6 Å². The first-order valence-corrected chi connectivity index (χ1v) is 10.9. The van der Waals surface area contributed by atoms with Gasteiger partial charge in [-0.15, -0.1) is 0 Å². The Hall–Kier alpha value is -4.79. The molecule has 0 bridgehead atoms. The number of rotatable bonds is 8. The Bertz CT molecular complexity index is 1380. The number of amides is 2. The number of nitrogens with one attached hydrogen (secondary N) is 2. The Morgan fingerprint density at radius 2 is 1.36 bits per heavy atom. The molecule has 2 amide bonds. The molecule has 182 valence electrons. The molecule has 0 radical (unpaired) electrons. The van der Waals surface area contributed by atoms with Crippen molar-refractivity contribution in [1.29, 1.82) is 0 Å². The van der Waals surface area contributed by atoms with Gasteiger partial charge < -0.3 is 20.5 Å². The Morgan fingerprint density at radius 1 is 0.778 bits per heavy atom. The van der Waals surface area contributed by atoms with Gasteiger partial charge in [0.15, 0.2) is 0 Å². The minimum atomic E-state index is -0.707. The number of hydrogen-bond acceptors (Lipinski definition) is 5. The van der Waals surface area contributed by atoms with Gasteiger partial charge in [-0.05, 0) is 53.6 Å². The number of carbonyl (C=O) groups excluding carboxylic acids is 2. The molecule has 36 heavy (non-hydrogen) atoms. The Labute approximate surface area is 205 Å². The molecule has 7 nitrogen and oxygen atoms in total. The van der Waals surface area contributed by atoms with Gasteiger partial charge in [0.2, 0.25) is 5.88 Å². The van der Waals surface area contributed by atoms with Gasteiger partial charge in [0.05, 0.1) is 11.8 Å². The third kappa shape index (κ3) is 6.20. The normalized spacial score (nSPS) is 10.5. The largest absolute Gasteiger partial charge is 0.507 e. The summed E-state index contributed by atoms with van der Waals surface area (Å²) in [5.41, 5.74) is 1.66. The molecule has 1 aromatic heterocycles. The van der Waals surface area contributed by atoms with Crippen molar-refractivity contribution >= 4 is 11.8 Å². The Morgan fingerprint density at radius 3 is 1.97 bits per heavy atom. The number of aromatic hydroxyl groups is 1. The van der Waals surface area contributed by atoms with Crippen LogP contribution in [0.15, 0.2) is 85.1 Å². The number of ether oxygens (including phenoxy) is 1. The zero-order chi connectivity index (χ0) is 25.5. The van der Waals surface area contributed by atoms with E-state index in [0.29, 0.717) is 0 Å². The number of phenols is 1. The molecule has 4 rings (SSSR count). The molecule has 0 unspecified atom stereocenters. The number of pyridine rings is 1. The molecule has 0 saturated heterocycles. The highest BCUT2D eigenvalue weighted by Crippen LogP contribution is 2.24. The zero-order valence-corrected chi connectivity index (χ0v) is 18.9. The molecule has 0 aliphatic rings. The molecule has 0 atom stereocenters. The maximum Gasteiger partial charge on any atom is 0.257 e. The van der Waals surface area contributed by atoms with E-state index in [4.69, 9.17) is 4.74 Å². The predicted octanol–water partition coefficient (Wildman–Crippen LogP) is 4.72. The Balaban J connectivity index is 1.35. The monoisotopic (exact) mass is 489 g/mol. The number of para-hydroxylation sites is 1. The van der Waals surface area contributed by atoms with Crippen LogP contribution in [0.3, 0.4) is 0 Å². The molecular weight excluding hydrogens is 468 g/mol. The van der Waals surface area contributed by atoms with Crippen molar-refractivity contribution in [3.05, 3.63) is 119 Å². The summed E-state index contributed by atoms with van der Waals surface area (Å²) in [5, 5.41) is 15.2. The molecule has 0 aliphatic carbocycles. The van der Waals surface area contributed by atoms with E-state index >= 15 is 0 Å². The van der Waals surface area contributed by atoms with Gasteiger partial charge >= 0.3 is 0 Å². The minimum Gasteiger partial charge on any atom is -0.507 e. The summed E-state index contributed by atoms with van der Waals surface area (Å²) in [6, 6.07) is 19.5. The lowest BCUT2D eigenvalue weighted by molar-refractivity contribution is 0.0939. The van der Waals surface area contributed by atoms with Crippen molar-refractivity contribution in [2.45, 2.75) is 13.1 Å². The lowest BCUT2D eigenvalue weighted by Crippen LogP contribution is -2.24. The van der Waals surface area contributed by atoms with Crippen LogP contribution in [0.4, 0.5) is 8.78 Å². The van der Waals surface area contributed by atoms with Gasteiger partial charge in [-0.3, -0.25) is 9.59 Å². The molecule has 3 N–H and O–H groups in total. The fraction of sp³-hybridized carbons (Fsp3) is 0.0741. The summed E-state index contributed by atoms with van der Waals surface area (Å²) in [6.45, 7) is 0.398. The second kappa shape index (κ2) is 11.1. The second-order valence-electron chi connectivity index (χ2n) is 7.76. The number of carbonyl (C=O) groups is 2. The molecule has 9 heteroatoms. The van der Waals surface area contributed by atoms with E-state index in [9.17, 15) is 23.5 Å². The van der Waals surface area contributed by atoms with Crippen LogP contribution in [0, 0.1) is 11.6 Å². The van der Waals surface area contributed by atoms with Crippen LogP contribution in [0.5, 0.6) is 17.4 Å². The third-order valence-electron chi connectivity index (χ3n) is 5.17. The van der Waals surface area contributed by atoms with Crippen molar-refractivity contribution in [2.75, 3.05) is 0 Å². The summed E-state index contributed by atoms with van der Waals surface area (Å²) in [5.74, 6) is -2.12. The number of benzene rings is 3. The van der Waals surface area contributed by atoms with Crippen LogP contribution in [0.1, 0.15) is 31.8 Å². The SMILES string of the molecule is O=C(NCc1ccc(CNC(=O)c2cc(F)cnc2Oc2ccc(F)cc2)cc1)c1ccccc1O. The van der Waals surface area contributed by atoms with Gasteiger partial charge in [0.1, 0.15) is 28.7 Å². The molecule has 0 saturated carbocycles. The lowest BCUT2D eigenvalue weighted by atomic mass is 10.1. The van der Waals surface area contributed by atoms with Crippen LogP contribution < -0.4 is 15.4 Å². The molecule has 4 aromatic rings. The second-order valence-corrected chi connectivity index (χ2v) is 7.76. The zero-order valence-electron chi connectivity index (χ0n) is 18.9. The fourth-order valence-electron chi connectivity index (χ4n) is 3.28. The predicted molar refractivity (Wildman–Crippen MR) is 128 cm³/mol. The van der Waals surface area contributed by atoms with E-state index < -0.39 is 23.4 Å². The molecule has 0 spiro atoms. The first-order valence-electron chi connectivity index (χ1n) is 10.9. The van der Waals surface area contributed by atoms with Crippen molar-refractivity contribution in [2.24, 2.45) is 0 Å². The van der Waals surface area contributed by atoms with Gasteiger partial charge in [-0.25, -0.2) is 13.8 Å². The average Bonchev–Trinajstić information content (AvgIpc) is 2.89. The van der Waals surface area contributed by atoms with Gasteiger partial charge in [-0.1, -0.05) is 36.4 Å². The molecule has 3 aromatic carbocycles. The summed E-state index contributed by atoms with van der Waals surface area (Å²) in [7, 11) is 0. The highest BCUT2D eigenvalue weighted by molar-refractivity contribution is 5.97. The van der Waals surface area contributed by atoms with E-state index in [0.717, 1.165) is 23.4 Å². The van der Waals surface area contributed by atoms with Crippen LogP contribution in [-0.4, -0.2) is 21.9 Å². The van der Waals surface area contributed by atoms with Crippen LogP contribution in [0.2, 0.25) is 0 Å². The van der Waals surface area contributed by atoms with Crippen LogP contribution in [0.25, 0.3) is 0 Å². The third-order valence-corrected chi connectivity index (χ3v) is 5.17. The lowest BCUT2D eigenvalue weighted by Gasteiger charge is -2.11. The topological polar surface area (TPSA) is 101 Å². The maximum absolute atomic E-state index is 13.8. The highest BCUT2D eigenvalue weighted by atomic mass is 19.1. The van der Waals surface area contributed by atoms with Crippen LogP contribution >= 0.6 is 0 Å².